The molecule has 208 valence electrons. The molecule has 0 aliphatic carbocycles. The van der Waals surface area contributed by atoms with E-state index in [4.69, 9.17) is 21.1 Å². The number of amides is 1. The van der Waals surface area contributed by atoms with Crippen LogP contribution in [0.5, 0.6) is 17.2 Å². The minimum atomic E-state index is -0.440. The number of hydrogen-bond acceptors (Lipinski definition) is 6. The summed E-state index contributed by atoms with van der Waals surface area (Å²) in [6.45, 7) is 11.9. The minimum Gasteiger partial charge on any atom is -0.506 e. The first-order chi connectivity index (χ1) is 18.7. The van der Waals surface area contributed by atoms with E-state index in [-0.39, 0.29) is 16.3 Å². The number of phenols is 1. The van der Waals surface area contributed by atoms with Crippen molar-refractivity contribution >= 4 is 23.7 Å². The topological polar surface area (TPSA) is 83.4 Å². The van der Waals surface area contributed by atoms with Crippen LogP contribution in [0.25, 0.3) is 0 Å². The van der Waals surface area contributed by atoms with Crippen molar-refractivity contribution in [2.45, 2.75) is 46.6 Å². The van der Waals surface area contributed by atoms with Crippen molar-refractivity contribution < 1.29 is 19.4 Å². The van der Waals surface area contributed by atoms with Crippen LogP contribution in [0.3, 0.4) is 0 Å². The highest BCUT2D eigenvalue weighted by Crippen LogP contribution is 2.34. The molecule has 0 saturated carbocycles. The molecule has 2 N–H and O–H groups in total. The van der Waals surface area contributed by atoms with E-state index in [1.165, 1.54) is 23.8 Å². The van der Waals surface area contributed by atoms with Crippen molar-refractivity contribution in [3.05, 3.63) is 87.4 Å². The fourth-order valence-corrected chi connectivity index (χ4v) is 4.29. The molecule has 0 saturated heterocycles. The molecular formula is C31H38ClN3O4. The predicted octanol–water partition coefficient (Wildman–Crippen LogP) is 6.40. The van der Waals surface area contributed by atoms with Crippen LogP contribution < -0.4 is 14.9 Å². The monoisotopic (exact) mass is 551 g/mol. The molecule has 1 amide bonds. The Bertz CT molecular complexity index is 1270. The Hall–Kier alpha value is -3.55. The van der Waals surface area contributed by atoms with Gasteiger partial charge in [-0.15, -0.1) is 0 Å². The molecule has 0 unspecified atom stereocenters. The van der Waals surface area contributed by atoms with E-state index in [0.29, 0.717) is 24.0 Å². The normalized spacial score (nSPS) is 11.4. The average molecular weight is 552 g/mol. The van der Waals surface area contributed by atoms with Gasteiger partial charge in [-0.3, -0.25) is 4.79 Å². The number of aromatic hydroxyl groups is 1. The number of likely N-dealkylation sites (N-methyl/N-ethyl adjacent to an activating group) is 1. The van der Waals surface area contributed by atoms with Gasteiger partial charge in [0.2, 0.25) is 0 Å². The number of methoxy groups -OCH3 is 1. The van der Waals surface area contributed by atoms with Gasteiger partial charge < -0.3 is 19.5 Å². The molecule has 0 atom stereocenters. The van der Waals surface area contributed by atoms with Crippen LogP contribution in [-0.4, -0.2) is 48.9 Å². The molecule has 3 aromatic carbocycles. The van der Waals surface area contributed by atoms with Crippen molar-refractivity contribution in [1.82, 2.24) is 10.3 Å². The van der Waals surface area contributed by atoms with Gasteiger partial charge in [-0.2, -0.15) is 5.10 Å². The number of benzene rings is 3. The molecule has 0 radical (unpaired) electrons. The number of ether oxygens (including phenoxy) is 2. The number of nitrogens with zero attached hydrogens (tertiary/aromatic N) is 2. The molecule has 0 aliphatic heterocycles. The number of rotatable bonds is 13. The predicted molar refractivity (Wildman–Crippen MR) is 158 cm³/mol. The molecule has 0 bridgehead atoms. The molecular weight excluding hydrogens is 514 g/mol. The Kier molecular flexibility index (Phi) is 11.2. The highest BCUT2D eigenvalue weighted by Gasteiger charge is 2.15. The van der Waals surface area contributed by atoms with E-state index in [9.17, 15) is 9.90 Å². The van der Waals surface area contributed by atoms with Crippen molar-refractivity contribution in [3.8, 4) is 17.2 Å². The van der Waals surface area contributed by atoms with E-state index in [2.05, 4.69) is 67.4 Å². The van der Waals surface area contributed by atoms with Gasteiger partial charge in [-0.25, -0.2) is 5.43 Å². The van der Waals surface area contributed by atoms with Crippen LogP contribution in [0, 0.1) is 0 Å². The zero-order chi connectivity index (χ0) is 28.4. The van der Waals surface area contributed by atoms with Gasteiger partial charge in [0.05, 0.1) is 18.3 Å². The maximum atomic E-state index is 12.4. The zero-order valence-corrected chi connectivity index (χ0v) is 24.1. The van der Waals surface area contributed by atoms with Gasteiger partial charge >= 0.3 is 0 Å². The molecule has 0 fully saturated rings. The lowest BCUT2D eigenvalue weighted by molar-refractivity contribution is 0.0955. The number of hydrogen-bond donors (Lipinski definition) is 2. The maximum absolute atomic E-state index is 12.4. The SMILES string of the molecule is CCN(CC)CCc1cc(C=NNC(=O)c2ccc(O)c(Cl)c2)cc(OC)c1OCc1ccc(C(C)C)cc1. The van der Waals surface area contributed by atoms with Crippen LogP contribution in [0.1, 0.15) is 66.2 Å². The van der Waals surface area contributed by atoms with Crippen molar-refractivity contribution in [1.29, 1.82) is 0 Å². The van der Waals surface area contributed by atoms with Crippen molar-refractivity contribution in [3.63, 3.8) is 0 Å². The number of halogens is 1. The van der Waals surface area contributed by atoms with Gasteiger partial charge in [0, 0.05) is 12.1 Å². The fraction of sp³-hybridized carbons (Fsp3) is 0.355. The third-order valence-corrected chi connectivity index (χ3v) is 6.89. The van der Waals surface area contributed by atoms with Crippen LogP contribution >= 0.6 is 11.6 Å². The Morgan fingerprint density at radius 3 is 2.44 bits per heavy atom. The summed E-state index contributed by atoms with van der Waals surface area (Å²) in [6, 6.07) is 16.6. The van der Waals surface area contributed by atoms with Crippen molar-refractivity contribution in [2.24, 2.45) is 5.10 Å². The number of carbonyl (C=O) groups is 1. The first-order valence-corrected chi connectivity index (χ1v) is 13.6. The number of nitrogens with one attached hydrogen (secondary N) is 1. The second kappa shape index (κ2) is 14.6. The lowest BCUT2D eigenvalue weighted by Gasteiger charge is -2.21. The largest absolute Gasteiger partial charge is 0.506 e. The minimum absolute atomic E-state index is 0.0871. The summed E-state index contributed by atoms with van der Waals surface area (Å²) in [6.07, 6.45) is 2.33. The summed E-state index contributed by atoms with van der Waals surface area (Å²) >= 11 is 5.91. The van der Waals surface area contributed by atoms with Gasteiger partial charge in [-0.1, -0.05) is 63.6 Å². The number of carbonyl (C=O) groups excluding carboxylic acids is 1. The number of hydrazone groups is 1. The highest BCUT2D eigenvalue weighted by atomic mass is 35.5. The lowest BCUT2D eigenvalue weighted by Crippen LogP contribution is -2.25. The summed E-state index contributed by atoms with van der Waals surface area (Å²) in [5.74, 6) is 1.26. The second-order valence-corrected chi connectivity index (χ2v) is 9.95. The highest BCUT2D eigenvalue weighted by molar-refractivity contribution is 6.32. The van der Waals surface area contributed by atoms with Gasteiger partial charge in [-0.05, 0) is 78.0 Å². The van der Waals surface area contributed by atoms with Gasteiger partial charge in [0.25, 0.3) is 5.91 Å². The van der Waals surface area contributed by atoms with E-state index >= 15 is 0 Å². The Balaban J connectivity index is 1.82. The van der Waals surface area contributed by atoms with Crippen LogP contribution in [0.4, 0.5) is 0 Å². The van der Waals surface area contributed by atoms with E-state index in [1.807, 2.05) is 12.1 Å². The van der Waals surface area contributed by atoms with E-state index in [1.54, 1.807) is 13.3 Å². The Morgan fingerprint density at radius 2 is 1.82 bits per heavy atom. The lowest BCUT2D eigenvalue weighted by atomic mass is 10.0. The molecule has 3 aromatic rings. The molecule has 39 heavy (non-hydrogen) atoms. The molecule has 7 nitrogen and oxygen atoms in total. The van der Waals surface area contributed by atoms with Gasteiger partial charge in [0.1, 0.15) is 12.4 Å². The first-order valence-electron chi connectivity index (χ1n) is 13.2. The second-order valence-electron chi connectivity index (χ2n) is 9.54. The third kappa shape index (κ3) is 8.47. The van der Waals surface area contributed by atoms with E-state index in [0.717, 1.165) is 42.7 Å². The summed E-state index contributed by atoms with van der Waals surface area (Å²) in [4.78, 5) is 14.8. The smallest absolute Gasteiger partial charge is 0.271 e. The maximum Gasteiger partial charge on any atom is 0.271 e. The van der Waals surface area contributed by atoms with Gasteiger partial charge in [0.15, 0.2) is 11.5 Å². The summed E-state index contributed by atoms with van der Waals surface area (Å²) in [5, 5.41) is 13.8. The molecule has 3 rings (SSSR count). The summed E-state index contributed by atoms with van der Waals surface area (Å²) < 4.78 is 12.1. The molecule has 0 aromatic heterocycles. The standard InChI is InChI=1S/C31H38ClN3O4/c1-6-35(7-2)15-14-25-16-23(19-33-34-31(37)26-12-13-28(36)27(32)18-26)17-29(38-5)30(25)39-20-22-8-10-24(11-9-22)21(3)4/h8-13,16-19,21,36H,6-7,14-15,20H2,1-5H3,(H,34,37). The third-order valence-electron chi connectivity index (χ3n) is 6.58. The van der Waals surface area contributed by atoms with Crippen LogP contribution in [0.15, 0.2) is 59.7 Å². The molecule has 0 heterocycles. The van der Waals surface area contributed by atoms with Crippen LogP contribution in [0.2, 0.25) is 5.02 Å². The van der Waals surface area contributed by atoms with Crippen molar-refractivity contribution in [2.75, 3.05) is 26.7 Å². The molecule has 0 aliphatic rings. The Morgan fingerprint density at radius 1 is 1.10 bits per heavy atom. The van der Waals surface area contributed by atoms with E-state index < -0.39 is 5.91 Å². The summed E-state index contributed by atoms with van der Waals surface area (Å²) in [5.41, 5.74) is 6.93. The Labute approximate surface area is 236 Å². The zero-order valence-electron chi connectivity index (χ0n) is 23.3. The average Bonchev–Trinajstić information content (AvgIpc) is 2.94. The first kappa shape index (κ1) is 30.0. The van der Waals surface area contributed by atoms with Crippen LogP contribution in [-0.2, 0) is 13.0 Å². The fourth-order valence-electron chi connectivity index (χ4n) is 4.11. The molecule has 8 heteroatoms. The summed E-state index contributed by atoms with van der Waals surface area (Å²) in [7, 11) is 1.62. The molecule has 0 spiro atoms. The quantitative estimate of drug-likeness (QED) is 0.189. The number of phenolic OH excluding ortho intramolecular Hbond substituents is 1.